The molecule has 2 rings (SSSR count). The number of carbonyl (C=O) groups excluding carboxylic acids is 1. The van der Waals surface area contributed by atoms with Crippen molar-refractivity contribution in [3.8, 4) is 0 Å². The highest BCUT2D eigenvalue weighted by Crippen LogP contribution is 2.22. The van der Waals surface area contributed by atoms with Crippen LogP contribution < -0.4 is 9.62 Å². The fraction of sp³-hybridized carbons (Fsp3) is 0.316. The van der Waals surface area contributed by atoms with Gasteiger partial charge in [-0.2, -0.15) is 0 Å². The fourth-order valence-corrected chi connectivity index (χ4v) is 3.52. The van der Waals surface area contributed by atoms with E-state index in [2.05, 4.69) is 5.32 Å². The third-order valence-corrected chi connectivity index (χ3v) is 5.82. The molecule has 0 bridgehead atoms. The molecule has 0 aliphatic heterocycles. The van der Waals surface area contributed by atoms with E-state index in [1.807, 2.05) is 25.9 Å². The standard InChI is InChI=1S/C19H25N3O3S/c1-15-5-11-18(12-6-15)26(24,25)22(4)17-9-7-16(8-10-17)19(23)20-13-14-21(2)3/h5-12H,13-14H2,1-4H3,(H,20,23). The molecule has 6 nitrogen and oxygen atoms in total. The fourth-order valence-electron chi connectivity index (χ4n) is 2.32. The van der Waals surface area contributed by atoms with Gasteiger partial charge in [-0.1, -0.05) is 17.7 Å². The van der Waals surface area contributed by atoms with E-state index < -0.39 is 10.0 Å². The summed E-state index contributed by atoms with van der Waals surface area (Å²) in [7, 11) is 1.73. The van der Waals surface area contributed by atoms with Gasteiger partial charge in [0.1, 0.15) is 0 Å². The third-order valence-electron chi connectivity index (χ3n) is 4.02. The van der Waals surface area contributed by atoms with Gasteiger partial charge in [-0.3, -0.25) is 9.10 Å². The number of hydrogen-bond donors (Lipinski definition) is 1. The van der Waals surface area contributed by atoms with Crippen LogP contribution in [-0.4, -0.2) is 53.5 Å². The van der Waals surface area contributed by atoms with E-state index in [1.54, 1.807) is 48.5 Å². The normalized spacial score (nSPS) is 11.4. The van der Waals surface area contributed by atoms with Crippen LogP contribution in [0, 0.1) is 6.92 Å². The number of hydrogen-bond acceptors (Lipinski definition) is 4. The van der Waals surface area contributed by atoms with Gasteiger partial charge in [0.05, 0.1) is 10.6 Å². The first kappa shape index (κ1) is 19.9. The number of rotatable bonds is 7. The molecule has 0 aliphatic rings. The average Bonchev–Trinajstić information content (AvgIpc) is 2.61. The van der Waals surface area contributed by atoms with Gasteiger partial charge >= 0.3 is 0 Å². The van der Waals surface area contributed by atoms with Crippen molar-refractivity contribution >= 4 is 21.6 Å². The van der Waals surface area contributed by atoms with Gasteiger partial charge in [-0.05, 0) is 57.4 Å². The molecule has 2 aromatic carbocycles. The summed E-state index contributed by atoms with van der Waals surface area (Å²) < 4.78 is 26.6. The van der Waals surface area contributed by atoms with Crippen molar-refractivity contribution in [3.05, 3.63) is 59.7 Å². The molecule has 0 aromatic heterocycles. The van der Waals surface area contributed by atoms with Crippen LogP contribution in [0.2, 0.25) is 0 Å². The molecule has 0 unspecified atom stereocenters. The topological polar surface area (TPSA) is 69.7 Å². The van der Waals surface area contributed by atoms with Crippen LogP contribution in [0.15, 0.2) is 53.4 Å². The molecule has 140 valence electrons. The second-order valence-electron chi connectivity index (χ2n) is 6.39. The van der Waals surface area contributed by atoms with Crippen LogP contribution in [0.1, 0.15) is 15.9 Å². The highest BCUT2D eigenvalue weighted by atomic mass is 32.2. The Morgan fingerprint density at radius 2 is 1.54 bits per heavy atom. The summed E-state index contributed by atoms with van der Waals surface area (Å²) in [5.74, 6) is -0.178. The van der Waals surface area contributed by atoms with Crippen molar-refractivity contribution in [2.24, 2.45) is 0 Å². The minimum atomic E-state index is -3.64. The summed E-state index contributed by atoms with van der Waals surface area (Å²) in [6, 6.07) is 13.2. The molecule has 0 saturated carbocycles. The maximum Gasteiger partial charge on any atom is 0.264 e. The Balaban J connectivity index is 2.11. The van der Waals surface area contributed by atoms with E-state index in [0.717, 1.165) is 12.1 Å². The van der Waals surface area contributed by atoms with Crippen LogP contribution in [0.4, 0.5) is 5.69 Å². The number of sulfonamides is 1. The lowest BCUT2D eigenvalue weighted by atomic mass is 10.2. The van der Waals surface area contributed by atoms with Gasteiger partial charge in [-0.25, -0.2) is 8.42 Å². The van der Waals surface area contributed by atoms with Crippen LogP contribution in [0.5, 0.6) is 0 Å². The molecule has 2 aromatic rings. The summed E-state index contributed by atoms with van der Waals surface area (Å²) in [6.45, 7) is 3.21. The number of nitrogens with one attached hydrogen (secondary N) is 1. The maximum absolute atomic E-state index is 12.7. The molecule has 0 heterocycles. The predicted molar refractivity (Wildman–Crippen MR) is 104 cm³/mol. The van der Waals surface area contributed by atoms with Crippen molar-refractivity contribution in [1.82, 2.24) is 10.2 Å². The Labute approximate surface area is 155 Å². The smallest absolute Gasteiger partial charge is 0.264 e. The summed E-state index contributed by atoms with van der Waals surface area (Å²) >= 11 is 0. The van der Waals surface area contributed by atoms with Crippen LogP contribution >= 0.6 is 0 Å². The molecule has 0 fully saturated rings. The number of likely N-dealkylation sites (N-methyl/N-ethyl adjacent to an activating group) is 1. The van der Waals surface area contributed by atoms with E-state index in [1.165, 1.54) is 11.4 Å². The number of benzene rings is 2. The monoisotopic (exact) mass is 375 g/mol. The van der Waals surface area contributed by atoms with Crippen molar-refractivity contribution in [2.45, 2.75) is 11.8 Å². The molecule has 0 aliphatic carbocycles. The molecular weight excluding hydrogens is 350 g/mol. The first-order valence-electron chi connectivity index (χ1n) is 8.30. The quantitative estimate of drug-likeness (QED) is 0.805. The number of carbonyl (C=O) groups is 1. The van der Waals surface area contributed by atoms with Gasteiger partial charge < -0.3 is 10.2 Å². The number of aryl methyl sites for hydroxylation is 1. The third kappa shape index (κ3) is 4.83. The first-order chi connectivity index (χ1) is 12.2. The minimum absolute atomic E-state index is 0.178. The molecule has 26 heavy (non-hydrogen) atoms. The van der Waals surface area contributed by atoms with E-state index >= 15 is 0 Å². The number of anilines is 1. The lowest BCUT2D eigenvalue weighted by Gasteiger charge is -2.20. The van der Waals surface area contributed by atoms with Gasteiger partial charge in [0.25, 0.3) is 15.9 Å². The van der Waals surface area contributed by atoms with E-state index in [-0.39, 0.29) is 10.8 Å². The molecule has 1 amide bonds. The molecule has 0 atom stereocenters. The highest BCUT2D eigenvalue weighted by molar-refractivity contribution is 7.92. The summed E-state index contributed by atoms with van der Waals surface area (Å²) in [5, 5.41) is 2.83. The Kier molecular flexibility index (Phi) is 6.39. The Morgan fingerprint density at radius 1 is 0.962 bits per heavy atom. The van der Waals surface area contributed by atoms with Gasteiger partial charge in [-0.15, -0.1) is 0 Å². The van der Waals surface area contributed by atoms with Gasteiger partial charge in [0.15, 0.2) is 0 Å². The van der Waals surface area contributed by atoms with Crippen molar-refractivity contribution < 1.29 is 13.2 Å². The molecule has 0 radical (unpaired) electrons. The summed E-state index contributed by atoms with van der Waals surface area (Å²) in [6.07, 6.45) is 0. The molecular formula is C19H25N3O3S. The van der Waals surface area contributed by atoms with E-state index in [9.17, 15) is 13.2 Å². The van der Waals surface area contributed by atoms with Gasteiger partial charge in [0.2, 0.25) is 0 Å². The number of amides is 1. The maximum atomic E-state index is 12.7. The molecule has 7 heteroatoms. The Hall–Kier alpha value is -2.38. The van der Waals surface area contributed by atoms with Crippen LogP contribution in [0.3, 0.4) is 0 Å². The SMILES string of the molecule is Cc1ccc(S(=O)(=O)N(C)c2ccc(C(=O)NCCN(C)C)cc2)cc1. The number of nitrogens with zero attached hydrogens (tertiary/aromatic N) is 2. The molecule has 1 N–H and O–H groups in total. The zero-order valence-electron chi connectivity index (χ0n) is 15.6. The average molecular weight is 375 g/mol. The zero-order valence-corrected chi connectivity index (χ0v) is 16.4. The van der Waals surface area contributed by atoms with Crippen molar-refractivity contribution in [1.29, 1.82) is 0 Å². The van der Waals surface area contributed by atoms with Crippen molar-refractivity contribution in [3.63, 3.8) is 0 Å². The lowest BCUT2D eigenvalue weighted by molar-refractivity contribution is 0.0951. The van der Waals surface area contributed by atoms with Crippen molar-refractivity contribution in [2.75, 3.05) is 38.5 Å². The van der Waals surface area contributed by atoms with E-state index in [0.29, 0.717) is 17.8 Å². The van der Waals surface area contributed by atoms with Crippen LogP contribution in [0.25, 0.3) is 0 Å². The summed E-state index contributed by atoms with van der Waals surface area (Å²) in [4.78, 5) is 14.3. The van der Waals surface area contributed by atoms with Crippen LogP contribution in [-0.2, 0) is 10.0 Å². The lowest BCUT2D eigenvalue weighted by Crippen LogP contribution is -2.31. The predicted octanol–water partition coefficient (Wildman–Crippen LogP) is 2.11. The zero-order chi connectivity index (χ0) is 19.3. The molecule has 0 saturated heterocycles. The van der Waals surface area contributed by atoms with E-state index in [4.69, 9.17) is 0 Å². The molecule has 0 spiro atoms. The highest BCUT2D eigenvalue weighted by Gasteiger charge is 2.21. The Bertz CT molecular complexity index is 845. The first-order valence-corrected chi connectivity index (χ1v) is 9.74. The van der Waals surface area contributed by atoms with Gasteiger partial charge in [0, 0.05) is 25.7 Å². The minimum Gasteiger partial charge on any atom is -0.351 e. The summed E-state index contributed by atoms with van der Waals surface area (Å²) in [5.41, 5.74) is 1.99. The largest absolute Gasteiger partial charge is 0.351 e. The second-order valence-corrected chi connectivity index (χ2v) is 8.36. The second kappa shape index (κ2) is 8.33. The Morgan fingerprint density at radius 3 is 2.08 bits per heavy atom.